The fraction of sp³-hybridized carbons (Fsp3) is 0.263. The molecular weight excluding hydrogens is 378 g/mol. The third kappa shape index (κ3) is 4.66. The van der Waals surface area contributed by atoms with E-state index >= 15 is 0 Å². The number of ether oxygens (including phenoxy) is 1. The molecule has 0 unspecified atom stereocenters. The summed E-state index contributed by atoms with van der Waals surface area (Å²) in [5.41, 5.74) is 0.151. The Morgan fingerprint density at radius 2 is 1.89 bits per heavy atom. The minimum atomic E-state index is -4.45. The van der Waals surface area contributed by atoms with Crippen LogP contribution in [0.3, 0.4) is 0 Å². The first-order valence-corrected chi connectivity index (χ1v) is 8.27. The van der Waals surface area contributed by atoms with Gasteiger partial charge in [-0.2, -0.15) is 18.2 Å². The van der Waals surface area contributed by atoms with Crippen molar-refractivity contribution >= 4 is 0 Å². The van der Waals surface area contributed by atoms with E-state index in [-0.39, 0.29) is 29.6 Å². The molecule has 3 aromatic rings. The second-order valence-electron chi connectivity index (χ2n) is 6.23. The molecule has 0 aliphatic carbocycles. The molecule has 0 amide bonds. The third-order valence-corrected chi connectivity index (χ3v) is 3.99. The molecule has 0 radical (unpaired) electrons. The van der Waals surface area contributed by atoms with Crippen molar-refractivity contribution in [1.82, 2.24) is 15.0 Å². The van der Waals surface area contributed by atoms with Crippen molar-refractivity contribution in [2.24, 2.45) is 0 Å². The summed E-state index contributed by atoms with van der Waals surface area (Å²) in [4.78, 5) is 5.96. The molecule has 0 N–H and O–H groups in total. The van der Waals surface area contributed by atoms with Crippen molar-refractivity contribution in [3.05, 3.63) is 65.3 Å². The molecule has 3 rings (SSSR count). The van der Waals surface area contributed by atoms with Gasteiger partial charge in [0.15, 0.2) is 11.6 Å². The molecular formula is C19H17F4N3O2. The van der Waals surface area contributed by atoms with Crippen LogP contribution in [0.15, 0.2) is 47.0 Å². The Kier molecular flexibility index (Phi) is 5.64. The summed E-state index contributed by atoms with van der Waals surface area (Å²) in [5, 5.41) is 3.75. The highest BCUT2D eigenvalue weighted by Crippen LogP contribution is 2.31. The van der Waals surface area contributed by atoms with Crippen LogP contribution in [-0.2, 0) is 19.3 Å². The number of nitrogens with zero attached hydrogens (tertiary/aromatic N) is 3. The lowest BCUT2D eigenvalue weighted by atomic mass is 10.1. The Balaban J connectivity index is 1.68. The van der Waals surface area contributed by atoms with Crippen LogP contribution in [0.4, 0.5) is 17.6 Å². The summed E-state index contributed by atoms with van der Waals surface area (Å²) in [6, 6.07) is 9.37. The number of methoxy groups -OCH3 is 1. The van der Waals surface area contributed by atoms with Crippen molar-refractivity contribution < 1.29 is 26.8 Å². The zero-order chi connectivity index (χ0) is 20.3. The summed E-state index contributed by atoms with van der Waals surface area (Å²) in [7, 11) is 3.16. The Labute approximate surface area is 158 Å². The minimum Gasteiger partial charge on any atom is -0.494 e. The van der Waals surface area contributed by atoms with Gasteiger partial charge in [0, 0.05) is 12.1 Å². The third-order valence-electron chi connectivity index (χ3n) is 3.99. The lowest BCUT2D eigenvalue weighted by Gasteiger charge is -2.14. The van der Waals surface area contributed by atoms with E-state index in [1.807, 2.05) is 4.90 Å². The summed E-state index contributed by atoms with van der Waals surface area (Å²) < 4.78 is 62.3. The average Bonchev–Trinajstić information content (AvgIpc) is 3.09. The van der Waals surface area contributed by atoms with Crippen molar-refractivity contribution in [3.8, 4) is 17.1 Å². The molecule has 1 heterocycles. The molecule has 0 atom stereocenters. The van der Waals surface area contributed by atoms with Crippen molar-refractivity contribution in [2.45, 2.75) is 19.3 Å². The van der Waals surface area contributed by atoms with Crippen LogP contribution in [0, 0.1) is 5.82 Å². The van der Waals surface area contributed by atoms with Crippen LogP contribution in [0.25, 0.3) is 11.4 Å². The maximum Gasteiger partial charge on any atom is 0.416 e. The average molecular weight is 395 g/mol. The highest BCUT2D eigenvalue weighted by molar-refractivity contribution is 5.55. The first kappa shape index (κ1) is 19.8. The minimum absolute atomic E-state index is 0.0741. The highest BCUT2D eigenvalue weighted by atomic mass is 19.4. The topological polar surface area (TPSA) is 51.4 Å². The van der Waals surface area contributed by atoms with Gasteiger partial charge in [-0.3, -0.25) is 4.90 Å². The zero-order valence-corrected chi connectivity index (χ0v) is 15.1. The number of benzene rings is 2. The number of aromatic nitrogens is 2. The smallest absolute Gasteiger partial charge is 0.416 e. The molecule has 0 bridgehead atoms. The molecule has 0 saturated carbocycles. The second-order valence-corrected chi connectivity index (χ2v) is 6.23. The maximum absolute atomic E-state index is 13.8. The van der Waals surface area contributed by atoms with Gasteiger partial charge in [-0.05, 0) is 36.9 Å². The first-order valence-electron chi connectivity index (χ1n) is 8.27. The predicted octanol–water partition coefficient (Wildman–Crippen LogP) is 4.54. The van der Waals surface area contributed by atoms with Gasteiger partial charge < -0.3 is 9.26 Å². The maximum atomic E-state index is 13.8. The summed E-state index contributed by atoms with van der Waals surface area (Å²) in [5.74, 6) is 0.0148. The van der Waals surface area contributed by atoms with Crippen molar-refractivity contribution in [3.63, 3.8) is 0 Å². The van der Waals surface area contributed by atoms with Gasteiger partial charge in [0.1, 0.15) is 0 Å². The lowest BCUT2D eigenvalue weighted by molar-refractivity contribution is -0.137. The monoisotopic (exact) mass is 395 g/mol. The van der Waals surface area contributed by atoms with E-state index in [4.69, 9.17) is 9.26 Å². The van der Waals surface area contributed by atoms with Gasteiger partial charge >= 0.3 is 6.18 Å². The van der Waals surface area contributed by atoms with Gasteiger partial charge in [-0.25, -0.2) is 4.39 Å². The van der Waals surface area contributed by atoms with Crippen LogP contribution >= 0.6 is 0 Å². The molecule has 9 heteroatoms. The number of alkyl halides is 3. The molecule has 28 heavy (non-hydrogen) atoms. The van der Waals surface area contributed by atoms with Crippen LogP contribution in [0.1, 0.15) is 17.0 Å². The Morgan fingerprint density at radius 3 is 2.57 bits per heavy atom. The predicted molar refractivity (Wildman–Crippen MR) is 92.9 cm³/mol. The quantitative estimate of drug-likeness (QED) is 0.574. The largest absolute Gasteiger partial charge is 0.494 e. The van der Waals surface area contributed by atoms with Crippen LogP contribution in [-0.4, -0.2) is 29.2 Å². The molecule has 0 saturated heterocycles. The van der Waals surface area contributed by atoms with Gasteiger partial charge in [0.2, 0.25) is 11.7 Å². The van der Waals surface area contributed by atoms with Crippen LogP contribution < -0.4 is 4.74 Å². The highest BCUT2D eigenvalue weighted by Gasteiger charge is 2.30. The molecule has 1 aromatic heterocycles. The van der Waals surface area contributed by atoms with E-state index in [9.17, 15) is 17.6 Å². The SMILES string of the molecule is COc1ccc(CN(C)Cc2nc(-c3cccc(C(F)(F)F)c3)no2)cc1F. The summed E-state index contributed by atoms with van der Waals surface area (Å²) in [6.07, 6.45) is -4.45. The summed E-state index contributed by atoms with van der Waals surface area (Å²) in [6.45, 7) is 0.655. The van der Waals surface area contributed by atoms with E-state index in [2.05, 4.69) is 10.1 Å². The van der Waals surface area contributed by atoms with E-state index in [1.165, 1.54) is 31.4 Å². The Morgan fingerprint density at radius 1 is 1.11 bits per heavy atom. The summed E-state index contributed by atoms with van der Waals surface area (Å²) >= 11 is 0. The normalized spacial score (nSPS) is 11.8. The standard InChI is InChI=1S/C19H17F4N3O2/c1-26(10-12-6-7-16(27-2)15(20)8-12)11-17-24-18(25-28-17)13-4-3-5-14(9-13)19(21,22)23/h3-9H,10-11H2,1-2H3. The van der Waals surface area contributed by atoms with Crippen LogP contribution in [0.5, 0.6) is 5.75 Å². The lowest BCUT2D eigenvalue weighted by Crippen LogP contribution is -2.17. The van der Waals surface area contributed by atoms with Gasteiger partial charge in [0.05, 0.1) is 19.2 Å². The van der Waals surface area contributed by atoms with E-state index < -0.39 is 17.6 Å². The molecule has 0 aliphatic rings. The number of hydrogen-bond acceptors (Lipinski definition) is 5. The molecule has 0 spiro atoms. The van der Waals surface area contributed by atoms with Gasteiger partial charge in [-0.1, -0.05) is 23.4 Å². The van der Waals surface area contributed by atoms with E-state index in [0.29, 0.717) is 6.54 Å². The number of rotatable bonds is 6. The fourth-order valence-electron chi connectivity index (χ4n) is 2.68. The first-order chi connectivity index (χ1) is 13.3. The van der Waals surface area contributed by atoms with Gasteiger partial charge in [-0.15, -0.1) is 0 Å². The zero-order valence-electron chi connectivity index (χ0n) is 15.1. The van der Waals surface area contributed by atoms with Gasteiger partial charge in [0.25, 0.3) is 0 Å². The van der Waals surface area contributed by atoms with E-state index in [1.54, 1.807) is 13.1 Å². The fourth-order valence-corrected chi connectivity index (χ4v) is 2.68. The van der Waals surface area contributed by atoms with E-state index in [0.717, 1.165) is 17.7 Å². The molecule has 5 nitrogen and oxygen atoms in total. The second kappa shape index (κ2) is 7.97. The Bertz CT molecular complexity index is 956. The molecule has 0 aliphatic heterocycles. The van der Waals surface area contributed by atoms with Crippen molar-refractivity contribution in [1.29, 1.82) is 0 Å². The molecule has 148 valence electrons. The molecule has 2 aromatic carbocycles. The number of hydrogen-bond donors (Lipinski definition) is 0. The molecule has 0 fully saturated rings. The Hall–Kier alpha value is -2.94. The van der Waals surface area contributed by atoms with Crippen molar-refractivity contribution in [2.75, 3.05) is 14.2 Å². The van der Waals surface area contributed by atoms with Crippen LogP contribution in [0.2, 0.25) is 0 Å². The number of halogens is 4.